The van der Waals surface area contributed by atoms with Crippen molar-refractivity contribution in [1.82, 2.24) is 0 Å². The van der Waals surface area contributed by atoms with Crippen LogP contribution in [-0.2, 0) is 10.9 Å². The summed E-state index contributed by atoms with van der Waals surface area (Å²) in [6, 6.07) is 10.4. The number of anilines is 3. The van der Waals surface area contributed by atoms with Crippen LogP contribution >= 0.6 is 23.2 Å². The third kappa shape index (κ3) is 4.80. The van der Waals surface area contributed by atoms with E-state index in [2.05, 4.69) is 15.4 Å². The first-order valence-corrected chi connectivity index (χ1v) is 7.91. The molecule has 9 heteroatoms. The first-order chi connectivity index (χ1) is 10.4. The highest BCUT2D eigenvalue weighted by molar-refractivity contribution is 7.73. The molecule has 0 unspecified atom stereocenters. The van der Waals surface area contributed by atoms with Crippen LogP contribution < -0.4 is 15.4 Å². The molecule has 0 spiro atoms. The number of carbonyl (C=O) groups is 1. The van der Waals surface area contributed by atoms with Gasteiger partial charge in [0.05, 0.1) is 10.7 Å². The predicted molar refractivity (Wildman–Crippen MR) is 89.5 cm³/mol. The average Bonchev–Trinajstić information content (AvgIpc) is 2.44. The number of thiol groups is 1. The van der Waals surface area contributed by atoms with E-state index in [1.807, 2.05) is 0 Å². The minimum Gasteiger partial charge on any atom is -0.308 e. The summed E-state index contributed by atoms with van der Waals surface area (Å²) in [6.45, 7) is 0. The maximum atomic E-state index is 11.9. The van der Waals surface area contributed by atoms with Gasteiger partial charge in [-0.15, -0.1) is 0 Å². The smallest absolute Gasteiger partial charge is 0.308 e. The largest absolute Gasteiger partial charge is 0.323 e. The van der Waals surface area contributed by atoms with Gasteiger partial charge in [-0.3, -0.25) is 4.72 Å². The van der Waals surface area contributed by atoms with E-state index in [0.717, 1.165) is 0 Å². The van der Waals surface area contributed by atoms with E-state index in [9.17, 15) is 13.2 Å². The van der Waals surface area contributed by atoms with Crippen molar-refractivity contribution in [1.29, 1.82) is 0 Å². The van der Waals surface area contributed by atoms with Crippen molar-refractivity contribution in [3.05, 3.63) is 52.5 Å². The summed E-state index contributed by atoms with van der Waals surface area (Å²) in [5, 5.41) is 5.96. The van der Waals surface area contributed by atoms with Gasteiger partial charge in [-0.05, 0) is 42.5 Å². The number of halogens is 2. The van der Waals surface area contributed by atoms with Gasteiger partial charge in [-0.2, -0.15) is 0 Å². The maximum Gasteiger partial charge on any atom is 0.323 e. The van der Waals surface area contributed by atoms with Crippen LogP contribution in [0.15, 0.2) is 42.5 Å². The Morgan fingerprint density at radius 1 is 0.909 bits per heavy atom. The van der Waals surface area contributed by atoms with Crippen molar-refractivity contribution in [3.8, 4) is 0 Å². The highest BCUT2D eigenvalue weighted by Crippen LogP contribution is 2.25. The second-order valence-electron chi connectivity index (χ2n) is 4.15. The van der Waals surface area contributed by atoms with Crippen molar-refractivity contribution in [2.75, 3.05) is 15.4 Å². The van der Waals surface area contributed by atoms with Crippen LogP contribution in [0.3, 0.4) is 0 Å². The molecule has 3 N–H and O–H groups in total. The van der Waals surface area contributed by atoms with Gasteiger partial charge in [-0.25, -0.2) is 13.2 Å². The van der Waals surface area contributed by atoms with Gasteiger partial charge in [0.2, 0.25) is 10.9 Å². The van der Waals surface area contributed by atoms with E-state index in [1.54, 1.807) is 24.3 Å². The highest BCUT2D eigenvalue weighted by atomic mass is 35.5. The second-order valence-corrected chi connectivity index (χ2v) is 5.73. The Bertz CT molecular complexity index is 756. The van der Waals surface area contributed by atoms with Gasteiger partial charge in [0.25, 0.3) is 0 Å². The molecule has 0 aliphatic rings. The Morgan fingerprint density at radius 3 is 2.18 bits per heavy atom. The molecule has 2 rings (SSSR count). The number of amides is 2. The van der Waals surface area contributed by atoms with E-state index in [1.165, 1.54) is 18.2 Å². The number of carbonyl (C=O) groups excluding carboxylic acids is 1. The molecule has 0 aromatic heterocycles. The minimum atomic E-state index is -2.72. The lowest BCUT2D eigenvalue weighted by Crippen LogP contribution is -2.19. The molecular formula is C13H11Cl2N3O3S. The highest BCUT2D eigenvalue weighted by Gasteiger charge is 2.07. The van der Waals surface area contributed by atoms with Gasteiger partial charge in [0.1, 0.15) is 0 Å². The summed E-state index contributed by atoms with van der Waals surface area (Å²) < 4.78 is 23.3. The number of hydrogen-bond donors (Lipinski definition) is 4. The minimum absolute atomic E-state index is 0.360. The van der Waals surface area contributed by atoms with Gasteiger partial charge in [0, 0.05) is 16.4 Å². The predicted octanol–water partition coefficient (Wildman–Crippen LogP) is 3.58. The summed E-state index contributed by atoms with van der Waals surface area (Å²) in [6.07, 6.45) is 0. The number of nitrogens with one attached hydrogen (secondary N) is 3. The first kappa shape index (κ1) is 16.4. The molecule has 0 bridgehead atoms. The lowest BCUT2D eigenvalue weighted by molar-refractivity contribution is 0.262. The van der Waals surface area contributed by atoms with E-state index in [-0.39, 0.29) is 0 Å². The van der Waals surface area contributed by atoms with Gasteiger partial charge in [-0.1, -0.05) is 23.2 Å². The van der Waals surface area contributed by atoms with Crippen LogP contribution in [0.1, 0.15) is 0 Å². The molecule has 0 radical (unpaired) electrons. The van der Waals surface area contributed by atoms with Crippen LogP contribution in [0.25, 0.3) is 0 Å². The molecule has 2 aromatic rings. The molecular weight excluding hydrogens is 349 g/mol. The average molecular weight is 360 g/mol. The van der Waals surface area contributed by atoms with Crippen molar-refractivity contribution < 1.29 is 13.2 Å². The Labute approximate surface area is 138 Å². The normalized spacial score (nSPS) is 10.3. The molecule has 0 aliphatic carbocycles. The van der Waals surface area contributed by atoms with Gasteiger partial charge in [0.15, 0.2) is 0 Å². The first-order valence-electron chi connectivity index (χ1n) is 5.98. The van der Waals surface area contributed by atoms with Crippen LogP contribution in [0.4, 0.5) is 21.9 Å². The monoisotopic (exact) mass is 359 g/mol. The zero-order valence-corrected chi connectivity index (χ0v) is 13.4. The van der Waals surface area contributed by atoms with E-state index < -0.39 is 16.9 Å². The fraction of sp³-hybridized carbons (Fsp3) is 0. The van der Waals surface area contributed by atoms with E-state index in [0.29, 0.717) is 27.1 Å². The van der Waals surface area contributed by atoms with Crippen LogP contribution in [-0.4, -0.2) is 14.4 Å². The fourth-order valence-electron chi connectivity index (χ4n) is 1.61. The van der Waals surface area contributed by atoms with Crippen molar-refractivity contribution in [2.24, 2.45) is 0 Å². The van der Waals surface area contributed by atoms with E-state index >= 15 is 0 Å². The Hall–Kier alpha value is -1.96. The summed E-state index contributed by atoms with van der Waals surface area (Å²) >= 11 is 11.8. The molecule has 0 atom stereocenters. The summed E-state index contributed by atoms with van der Waals surface area (Å²) in [7, 11) is -2.72. The van der Waals surface area contributed by atoms with Crippen LogP contribution in [0.2, 0.25) is 10.0 Å². The van der Waals surface area contributed by atoms with E-state index in [4.69, 9.17) is 23.2 Å². The zero-order chi connectivity index (χ0) is 16.1. The molecule has 0 saturated carbocycles. The van der Waals surface area contributed by atoms with Crippen molar-refractivity contribution in [3.63, 3.8) is 0 Å². The van der Waals surface area contributed by atoms with Crippen LogP contribution in [0, 0.1) is 0 Å². The van der Waals surface area contributed by atoms with Crippen molar-refractivity contribution >= 4 is 57.2 Å². The molecule has 0 saturated heterocycles. The van der Waals surface area contributed by atoms with Crippen LogP contribution in [0.5, 0.6) is 0 Å². The number of urea groups is 1. The molecule has 0 aliphatic heterocycles. The topological polar surface area (TPSA) is 87.3 Å². The molecule has 22 heavy (non-hydrogen) atoms. The molecule has 2 amide bonds. The Kier molecular flexibility index (Phi) is 5.48. The zero-order valence-electron chi connectivity index (χ0n) is 11.0. The lowest BCUT2D eigenvalue weighted by Gasteiger charge is -2.09. The standard InChI is InChI=1S/C13H11Cl2N3O3S/c14-8-1-6-11(15)12(7-8)17-13(19)16-9-2-4-10(5-3-9)18-22(20)21/h1-7,22H,(H2,16,17,19)(H,18,20,21). The third-order valence-corrected chi connectivity index (χ3v) is 3.55. The summed E-state index contributed by atoms with van der Waals surface area (Å²) in [5.74, 6) is 0. The molecule has 0 heterocycles. The SMILES string of the molecule is O=C(Nc1ccc(N[SH](=O)=O)cc1)Nc1cc(Cl)ccc1Cl. The van der Waals surface area contributed by atoms with Crippen molar-refractivity contribution in [2.45, 2.75) is 0 Å². The lowest BCUT2D eigenvalue weighted by atomic mass is 10.3. The number of hydrogen-bond acceptors (Lipinski definition) is 3. The van der Waals surface area contributed by atoms with Gasteiger partial charge < -0.3 is 10.6 Å². The van der Waals surface area contributed by atoms with Gasteiger partial charge >= 0.3 is 6.03 Å². The number of benzene rings is 2. The second kappa shape index (κ2) is 7.35. The molecule has 2 aromatic carbocycles. The molecule has 116 valence electrons. The Morgan fingerprint density at radius 2 is 1.55 bits per heavy atom. The fourth-order valence-corrected chi connectivity index (χ4v) is 2.31. The number of rotatable bonds is 4. The summed E-state index contributed by atoms with van der Waals surface area (Å²) in [4.78, 5) is 11.9. The molecule has 6 nitrogen and oxygen atoms in total. The maximum absolute atomic E-state index is 11.9. The molecule has 0 fully saturated rings. The summed E-state index contributed by atoms with van der Waals surface area (Å²) in [5.41, 5.74) is 1.27. The Balaban J connectivity index is 2.01. The third-order valence-electron chi connectivity index (χ3n) is 2.54. The quantitative estimate of drug-likeness (QED) is 0.629.